The molecule has 28 heavy (non-hydrogen) atoms. The van der Waals surface area contributed by atoms with E-state index >= 15 is 0 Å². The number of sulfonamides is 1. The molecule has 154 valence electrons. The van der Waals surface area contributed by atoms with E-state index in [9.17, 15) is 32.2 Å². The van der Waals surface area contributed by atoms with Crippen molar-refractivity contribution in [3.05, 3.63) is 40.3 Å². The van der Waals surface area contributed by atoms with Crippen LogP contribution in [0.3, 0.4) is 0 Å². The molecule has 1 aliphatic heterocycles. The predicted molar refractivity (Wildman–Crippen MR) is 90.6 cm³/mol. The van der Waals surface area contributed by atoms with Gasteiger partial charge in [0.2, 0.25) is 10.0 Å². The lowest BCUT2D eigenvalue weighted by atomic mass is 10.2. The number of benzene rings is 1. The summed E-state index contributed by atoms with van der Waals surface area (Å²) in [6.45, 7) is -0.119. The minimum absolute atomic E-state index is 0.00499. The van der Waals surface area contributed by atoms with Gasteiger partial charge < -0.3 is 14.5 Å². The highest BCUT2D eigenvalue weighted by molar-refractivity contribution is 7.89. The average Bonchev–Trinajstić information content (AvgIpc) is 2.66. The number of ether oxygens (including phenoxy) is 1. The zero-order valence-electron chi connectivity index (χ0n) is 14.4. The lowest BCUT2D eigenvalue weighted by Gasteiger charge is -2.39. The van der Waals surface area contributed by atoms with Crippen LogP contribution in [0.4, 0.5) is 20.3 Å². The van der Waals surface area contributed by atoms with E-state index in [0.29, 0.717) is 0 Å². The first-order valence-electron chi connectivity index (χ1n) is 7.64. The molecule has 11 nitrogen and oxygen atoms in total. The van der Waals surface area contributed by atoms with E-state index in [1.54, 1.807) is 0 Å². The summed E-state index contributed by atoms with van der Waals surface area (Å²) in [5, 5.41) is 16.4. The van der Waals surface area contributed by atoms with Crippen LogP contribution in [0.5, 0.6) is 0 Å². The number of nitro groups is 1. The summed E-state index contributed by atoms with van der Waals surface area (Å²) in [6, 6.07) is 3.05. The molecule has 1 aromatic rings. The fourth-order valence-electron chi connectivity index (χ4n) is 2.65. The van der Waals surface area contributed by atoms with Crippen molar-refractivity contribution < 1.29 is 36.7 Å². The van der Waals surface area contributed by atoms with Crippen LogP contribution in [-0.2, 0) is 24.5 Å². The molecule has 0 radical (unpaired) electrons. The maximum atomic E-state index is 13.0. The number of likely N-dealkylation sites (N-methyl/N-ethyl adjacent to an activating group) is 1. The normalized spacial score (nSPS) is 17.9. The molecule has 1 heterocycles. The second kappa shape index (κ2) is 8.45. The Morgan fingerprint density at radius 2 is 2.21 bits per heavy atom. The van der Waals surface area contributed by atoms with E-state index in [-0.39, 0.29) is 31.7 Å². The van der Waals surface area contributed by atoms with Crippen molar-refractivity contribution >= 4 is 27.4 Å². The molecule has 0 bridgehead atoms. The van der Waals surface area contributed by atoms with E-state index in [2.05, 4.69) is 4.94 Å². The number of carbonyl (C=O) groups excluding carboxylic acids is 1. The van der Waals surface area contributed by atoms with Crippen molar-refractivity contribution in [1.82, 2.24) is 4.90 Å². The third-order valence-electron chi connectivity index (χ3n) is 4.06. The first-order valence-corrected chi connectivity index (χ1v) is 9.18. The number of primary sulfonamides is 1. The quantitative estimate of drug-likeness (QED) is 0.395. The van der Waals surface area contributed by atoms with Crippen molar-refractivity contribution in [3.63, 3.8) is 0 Å². The van der Waals surface area contributed by atoms with Gasteiger partial charge in [-0.25, -0.2) is 27.7 Å². The smallest absolute Gasteiger partial charge is 0.357 e. The highest BCUT2D eigenvalue weighted by atomic mass is 32.2. The highest BCUT2D eigenvalue weighted by Crippen LogP contribution is 2.32. The third-order valence-corrected chi connectivity index (χ3v) is 4.97. The summed E-state index contributed by atoms with van der Waals surface area (Å²) in [5.74, 6) is -1.53. The van der Waals surface area contributed by atoms with Gasteiger partial charge in [-0.15, -0.1) is 0 Å². The summed E-state index contributed by atoms with van der Waals surface area (Å²) in [6.07, 6.45) is -1.02. The van der Waals surface area contributed by atoms with E-state index in [0.717, 1.165) is 17.0 Å². The minimum atomic E-state index is -4.16. The van der Waals surface area contributed by atoms with Crippen molar-refractivity contribution in [2.75, 3.05) is 31.6 Å². The molecular weight excluding hydrogens is 406 g/mol. The van der Waals surface area contributed by atoms with E-state index in [1.165, 1.54) is 18.0 Å². The molecule has 2 N–H and O–H groups in total. The fourth-order valence-corrected chi connectivity index (χ4v) is 3.18. The topological polar surface area (TPSA) is 145 Å². The van der Waals surface area contributed by atoms with Gasteiger partial charge in [0.25, 0.3) is 5.69 Å². The molecule has 14 heteroatoms. The van der Waals surface area contributed by atoms with Gasteiger partial charge in [-0.1, -0.05) is 0 Å². The summed E-state index contributed by atoms with van der Waals surface area (Å²) in [5.41, 5.74) is -1.24. The van der Waals surface area contributed by atoms with Crippen molar-refractivity contribution in [1.29, 1.82) is 0 Å². The Balaban J connectivity index is 2.33. The first kappa shape index (κ1) is 21.5. The zero-order valence-corrected chi connectivity index (χ0v) is 15.3. The number of halogens is 2. The van der Waals surface area contributed by atoms with Crippen LogP contribution in [-0.4, -0.2) is 57.2 Å². The lowest BCUT2D eigenvalue weighted by Crippen LogP contribution is -2.50. The monoisotopic (exact) mass is 422 g/mol. The molecular formula is C14H16F2N4O7S. The lowest BCUT2D eigenvalue weighted by molar-refractivity contribution is -0.384. The Kier molecular flexibility index (Phi) is 6.48. The number of anilines is 1. The Hall–Kier alpha value is -2.84. The zero-order chi connectivity index (χ0) is 21.1. The largest absolute Gasteiger partial charge is 0.397 e. The van der Waals surface area contributed by atoms with Gasteiger partial charge in [0.05, 0.1) is 23.0 Å². The van der Waals surface area contributed by atoms with Gasteiger partial charge >= 0.3 is 5.97 Å². The molecule has 0 aromatic heterocycles. The Labute approximate surface area is 158 Å². The molecule has 1 aromatic carbocycles. The van der Waals surface area contributed by atoms with Gasteiger partial charge in [0, 0.05) is 24.2 Å². The van der Waals surface area contributed by atoms with E-state index < -0.39 is 43.4 Å². The number of hydrogen-bond acceptors (Lipinski definition) is 9. The van der Waals surface area contributed by atoms with Crippen LogP contribution < -0.4 is 10.0 Å². The van der Waals surface area contributed by atoms with E-state index in [4.69, 9.17) is 9.88 Å². The van der Waals surface area contributed by atoms with Crippen LogP contribution in [0.2, 0.25) is 0 Å². The van der Waals surface area contributed by atoms with Gasteiger partial charge in [-0.05, 0) is 12.1 Å². The molecule has 1 fully saturated rings. The highest BCUT2D eigenvalue weighted by Gasteiger charge is 2.32. The molecule has 1 atom stereocenters. The number of hydrogen-bond donors (Lipinski definition) is 1. The third kappa shape index (κ3) is 4.52. The number of nitrogens with two attached hydrogens (primary N) is 1. The standard InChI is InChI=1S/C14H16F2N4O7S/c1-18(10-3-2-9(28(17,24)25)6-11(10)20(22)23)13-8-19(4-5-26-13)12(7-15)14(21)27-16/h2-3,6-7,13H,4-5,8H2,1H3,(H2,17,24,25). The molecule has 1 unspecified atom stereocenters. The number of morpholine rings is 1. The average molecular weight is 422 g/mol. The van der Waals surface area contributed by atoms with Crippen LogP contribution in [0, 0.1) is 10.1 Å². The van der Waals surface area contributed by atoms with Crippen LogP contribution in [0.25, 0.3) is 0 Å². The molecule has 0 amide bonds. The van der Waals surface area contributed by atoms with Crippen LogP contribution in [0.15, 0.2) is 35.1 Å². The second-order valence-electron chi connectivity index (χ2n) is 5.69. The van der Waals surface area contributed by atoms with Crippen LogP contribution in [0.1, 0.15) is 0 Å². The molecule has 0 spiro atoms. The van der Waals surface area contributed by atoms with Gasteiger partial charge in [-0.2, -0.15) is 0 Å². The summed E-state index contributed by atoms with van der Waals surface area (Å²) < 4.78 is 53.4. The number of nitro benzene ring substituents is 1. The minimum Gasteiger partial charge on any atom is -0.357 e. The Morgan fingerprint density at radius 1 is 1.54 bits per heavy atom. The van der Waals surface area contributed by atoms with Gasteiger partial charge in [0.1, 0.15) is 18.2 Å². The van der Waals surface area contributed by atoms with Crippen LogP contribution >= 0.6 is 0 Å². The van der Waals surface area contributed by atoms with Crippen molar-refractivity contribution in [2.45, 2.75) is 11.1 Å². The number of carbonyl (C=O) groups is 1. The van der Waals surface area contributed by atoms with E-state index in [1.807, 2.05) is 0 Å². The summed E-state index contributed by atoms with van der Waals surface area (Å²) in [7, 11) is -2.74. The SMILES string of the molecule is CN(c1ccc(S(N)(=O)=O)cc1[N+](=O)[O-])C1CN(C(=CF)C(=O)OF)CCO1. The summed E-state index contributed by atoms with van der Waals surface area (Å²) >= 11 is 0. The first-order chi connectivity index (χ1) is 13.1. The number of nitrogens with zero attached hydrogens (tertiary/aromatic N) is 3. The molecule has 0 aliphatic carbocycles. The van der Waals surface area contributed by atoms with Crippen molar-refractivity contribution in [2.24, 2.45) is 5.14 Å². The van der Waals surface area contributed by atoms with Gasteiger partial charge in [0.15, 0.2) is 5.70 Å². The molecule has 1 saturated heterocycles. The second-order valence-corrected chi connectivity index (χ2v) is 7.26. The number of rotatable bonds is 6. The van der Waals surface area contributed by atoms with Gasteiger partial charge in [-0.3, -0.25) is 10.1 Å². The van der Waals surface area contributed by atoms with Crippen molar-refractivity contribution in [3.8, 4) is 0 Å². The maximum absolute atomic E-state index is 13.0. The molecule has 2 rings (SSSR count). The Bertz CT molecular complexity index is 909. The summed E-state index contributed by atoms with van der Waals surface area (Å²) in [4.78, 5) is 26.9. The molecule has 0 saturated carbocycles. The predicted octanol–water partition coefficient (Wildman–Crippen LogP) is 0.575. The Morgan fingerprint density at radius 3 is 2.75 bits per heavy atom. The maximum Gasteiger partial charge on any atom is 0.397 e. The molecule has 1 aliphatic rings. The fraction of sp³-hybridized carbons (Fsp3) is 0.357.